The van der Waals surface area contributed by atoms with Gasteiger partial charge >= 0.3 is 0 Å². The molecule has 3 saturated heterocycles. The summed E-state index contributed by atoms with van der Waals surface area (Å²) in [6, 6.07) is 23.0. The number of rotatable bonds is 12. The van der Waals surface area contributed by atoms with Crippen LogP contribution in [0.3, 0.4) is 0 Å². The number of carbonyl (C=O) groups excluding carboxylic acids is 1. The number of likely N-dealkylation sites (tertiary alicyclic amines) is 1. The second kappa shape index (κ2) is 19.4. The van der Waals surface area contributed by atoms with Crippen LogP contribution in [0.15, 0.2) is 83.9 Å². The van der Waals surface area contributed by atoms with E-state index in [9.17, 15) is 28.4 Å². The molecule has 6 aliphatic rings. The fraction of sp³-hybridized carbons (Fsp3) is 0.544. The van der Waals surface area contributed by atoms with E-state index in [0.717, 1.165) is 55.9 Å². The summed E-state index contributed by atoms with van der Waals surface area (Å²) >= 11 is 0. The summed E-state index contributed by atoms with van der Waals surface area (Å²) in [5.41, 5.74) is 5.22. The molecule has 6 heterocycles. The molecule has 0 unspecified atom stereocenters. The van der Waals surface area contributed by atoms with Gasteiger partial charge in [0.2, 0.25) is 5.88 Å². The number of hydrogen-bond donors (Lipinski definition) is 4. The summed E-state index contributed by atoms with van der Waals surface area (Å²) in [6.07, 6.45) is 12.8. The second-order valence-corrected chi connectivity index (χ2v) is 25.2. The van der Waals surface area contributed by atoms with Gasteiger partial charge < -0.3 is 34.7 Å². The zero-order valence-electron chi connectivity index (χ0n) is 43.4. The van der Waals surface area contributed by atoms with E-state index in [1.54, 1.807) is 6.07 Å². The van der Waals surface area contributed by atoms with Crippen molar-refractivity contribution in [1.29, 1.82) is 0 Å². The number of nitrogens with one attached hydrogen (secondary N) is 3. The van der Waals surface area contributed by atoms with Crippen LogP contribution in [0.2, 0.25) is 0 Å². The highest BCUT2D eigenvalue weighted by Crippen LogP contribution is 2.57. The molecule has 2 aliphatic carbocycles. The standard InChI is InChI=1S/C57H72N8O8S/c1-36(2)42-9-6-7-10-43(42)46-11-8-20-55(3,4)64(46)40-32-57(33-40)23-26-62(27-24-57)39-12-14-44(48(30-39)63-47-19-28-72-35-51(47)73-54-50(63)29-38-18-25-58-52(38)60-54)53(66)61-74(70,71)41-13-15-45(49(31-41)65(68)69)59-34-37-16-21-56(5,67)22-17-37/h6-7,9-10,12-15,18,25,29-31,36-37,40,46-47,51,59,67H,8,11,16-17,19-24,26-28,32-35H2,1-5H3,(H,58,60)(H,61,66)/t37-,46-,47-,51-,56-/m0/s1. The lowest BCUT2D eigenvalue weighted by molar-refractivity contribution is -0.384. The number of aliphatic hydroxyl groups is 1. The number of fused-ring (bicyclic) bond motifs is 3. The van der Waals surface area contributed by atoms with E-state index in [-0.39, 0.29) is 34.2 Å². The number of anilines is 4. The van der Waals surface area contributed by atoms with Crippen LogP contribution < -0.4 is 24.6 Å². The van der Waals surface area contributed by atoms with Gasteiger partial charge in [-0.1, -0.05) is 38.1 Å². The van der Waals surface area contributed by atoms with Gasteiger partial charge in [-0.25, -0.2) is 13.1 Å². The molecule has 1 amide bonds. The average molecular weight is 1030 g/mol. The van der Waals surface area contributed by atoms with Crippen LogP contribution >= 0.6 is 0 Å². The number of nitro groups is 1. The fourth-order valence-electron chi connectivity index (χ4n) is 13.6. The van der Waals surface area contributed by atoms with E-state index in [4.69, 9.17) is 14.5 Å². The highest BCUT2D eigenvalue weighted by Gasteiger charge is 2.53. The van der Waals surface area contributed by atoms with Crippen LogP contribution in [-0.4, -0.2) is 101 Å². The zero-order valence-corrected chi connectivity index (χ0v) is 44.3. The van der Waals surface area contributed by atoms with Crippen LogP contribution in [0.4, 0.5) is 28.4 Å². The van der Waals surface area contributed by atoms with Crippen LogP contribution in [0.25, 0.3) is 11.0 Å². The summed E-state index contributed by atoms with van der Waals surface area (Å²) in [6.45, 7) is 14.2. The number of hydrogen-bond acceptors (Lipinski definition) is 13. The molecule has 2 saturated carbocycles. The van der Waals surface area contributed by atoms with Gasteiger partial charge in [-0.3, -0.25) is 19.8 Å². The molecule has 16 nitrogen and oxygen atoms in total. The van der Waals surface area contributed by atoms with Gasteiger partial charge in [-0.05, 0) is 169 Å². The molecule has 4 aliphatic heterocycles. The van der Waals surface area contributed by atoms with E-state index in [1.807, 2.05) is 37.4 Å². The van der Waals surface area contributed by atoms with Crippen LogP contribution in [0.5, 0.6) is 5.88 Å². The number of sulfonamides is 1. The number of amides is 1. The monoisotopic (exact) mass is 1030 g/mol. The van der Waals surface area contributed by atoms with Crippen molar-refractivity contribution < 1.29 is 32.7 Å². The Morgan fingerprint density at radius 1 is 0.946 bits per heavy atom. The highest BCUT2D eigenvalue weighted by atomic mass is 32.2. The van der Waals surface area contributed by atoms with Gasteiger partial charge in [0.1, 0.15) is 23.1 Å². The fourth-order valence-corrected chi connectivity index (χ4v) is 14.6. The maximum atomic E-state index is 14.8. The first kappa shape index (κ1) is 50.4. The van der Waals surface area contributed by atoms with Gasteiger partial charge in [0.05, 0.1) is 39.3 Å². The van der Waals surface area contributed by atoms with Crippen molar-refractivity contribution in [1.82, 2.24) is 19.6 Å². The third-order valence-corrected chi connectivity index (χ3v) is 19.1. The van der Waals surface area contributed by atoms with Gasteiger partial charge in [-0.15, -0.1) is 0 Å². The van der Waals surface area contributed by atoms with Gasteiger partial charge in [0, 0.05) is 67.2 Å². The minimum Gasteiger partial charge on any atom is -0.468 e. The molecule has 11 rings (SSSR count). The Balaban J connectivity index is 0.871. The van der Waals surface area contributed by atoms with Crippen LogP contribution in [0.1, 0.15) is 145 Å². The SMILES string of the molecule is CC(C)c1ccccc1[C@@H]1CCCC(C)(C)N1C1CC2(CCN(c3ccc(C(=O)NS(=O)(=O)c4ccc(NC[C@H]5CC[C@](C)(O)CC5)c([N+](=O)[O-])c4)c(N4c5cc6cc[nH]c6nc5O[C@H]5COCC[C@@H]54)c3)CC2)C1. The van der Waals surface area contributed by atoms with Gasteiger partial charge in [0.15, 0.2) is 0 Å². The molecule has 3 aromatic carbocycles. The first-order valence-electron chi connectivity index (χ1n) is 27.0. The molecular formula is C57H72N8O8S. The summed E-state index contributed by atoms with van der Waals surface area (Å²) in [7, 11) is -4.62. The largest absolute Gasteiger partial charge is 0.468 e. The Morgan fingerprint density at radius 3 is 2.47 bits per heavy atom. The van der Waals surface area contributed by atoms with E-state index in [0.29, 0.717) is 79.9 Å². The van der Waals surface area contributed by atoms with Crippen LogP contribution in [0, 0.1) is 21.4 Å². The van der Waals surface area contributed by atoms with E-state index >= 15 is 0 Å². The van der Waals surface area contributed by atoms with Crippen molar-refractivity contribution in [2.75, 3.05) is 48.0 Å². The number of benzene rings is 3. The summed E-state index contributed by atoms with van der Waals surface area (Å²) in [5.74, 6) is 0.166. The highest BCUT2D eigenvalue weighted by molar-refractivity contribution is 7.90. The first-order valence-corrected chi connectivity index (χ1v) is 28.5. The predicted molar refractivity (Wildman–Crippen MR) is 287 cm³/mol. The van der Waals surface area contributed by atoms with E-state index in [2.05, 4.69) is 81.7 Å². The number of H-pyrrole nitrogens is 1. The number of ether oxygens (including phenoxy) is 2. The van der Waals surface area contributed by atoms with Gasteiger partial charge in [-0.2, -0.15) is 4.98 Å². The lowest BCUT2D eigenvalue weighted by Crippen LogP contribution is -2.62. The number of piperidine rings is 2. The Morgan fingerprint density at radius 2 is 1.72 bits per heavy atom. The van der Waals surface area contributed by atoms with Crippen LogP contribution in [-0.2, 0) is 14.8 Å². The molecule has 394 valence electrons. The summed E-state index contributed by atoms with van der Waals surface area (Å²) in [4.78, 5) is 41.6. The average Bonchev–Trinajstić information content (AvgIpc) is 3.83. The lowest BCUT2D eigenvalue weighted by atomic mass is 9.58. The molecule has 17 heteroatoms. The van der Waals surface area contributed by atoms with Crippen molar-refractivity contribution in [3.63, 3.8) is 0 Å². The number of nitrogens with zero attached hydrogens (tertiary/aromatic N) is 5. The van der Waals surface area contributed by atoms with Crippen molar-refractivity contribution in [3.05, 3.63) is 106 Å². The Bertz CT molecular complexity index is 3040. The number of aromatic nitrogens is 2. The Kier molecular flexibility index (Phi) is 13.2. The van der Waals surface area contributed by atoms with E-state index in [1.165, 1.54) is 55.4 Å². The van der Waals surface area contributed by atoms with E-state index < -0.39 is 43.1 Å². The molecule has 4 N–H and O–H groups in total. The number of aromatic amines is 1. The molecule has 3 atom stereocenters. The Labute approximate surface area is 434 Å². The molecule has 5 fully saturated rings. The normalized spacial score (nSPS) is 26.0. The number of pyridine rings is 1. The Hall–Kier alpha value is -5.75. The maximum Gasteiger partial charge on any atom is 0.293 e. The van der Waals surface area contributed by atoms with Gasteiger partial charge in [0.25, 0.3) is 21.6 Å². The third-order valence-electron chi connectivity index (χ3n) is 17.8. The molecule has 0 radical (unpaired) electrons. The minimum atomic E-state index is -4.62. The minimum absolute atomic E-state index is 0.105. The third kappa shape index (κ3) is 9.62. The van der Waals surface area contributed by atoms with Crippen molar-refractivity contribution in [2.45, 2.75) is 158 Å². The number of carbonyl (C=O) groups is 1. The first-order chi connectivity index (χ1) is 35.4. The molecule has 0 bridgehead atoms. The maximum absolute atomic E-state index is 14.8. The van der Waals surface area contributed by atoms with Crippen molar-refractivity contribution in [2.24, 2.45) is 11.3 Å². The summed E-state index contributed by atoms with van der Waals surface area (Å²) in [5, 5.41) is 26.8. The zero-order chi connectivity index (χ0) is 51.7. The number of nitro benzene ring substituents is 1. The van der Waals surface area contributed by atoms with Crippen molar-refractivity contribution in [3.8, 4) is 5.88 Å². The molecule has 1 spiro atoms. The molecule has 5 aromatic rings. The predicted octanol–water partition coefficient (Wildman–Crippen LogP) is 10.5. The molecular weight excluding hydrogens is 957 g/mol. The smallest absolute Gasteiger partial charge is 0.293 e. The lowest BCUT2D eigenvalue weighted by Gasteiger charge is -2.61. The summed E-state index contributed by atoms with van der Waals surface area (Å²) < 4.78 is 43.2. The quantitative estimate of drug-likeness (QED) is 0.0681. The molecule has 74 heavy (non-hydrogen) atoms. The topological polar surface area (TPSA) is 196 Å². The second-order valence-electron chi connectivity index (χ2n) is 23.5. The van der Waals surface area contributed by atoms with Crippen molar-refractivity contribution >= 4 is 55.4 Å². The molecule has 2 aromatic heterocycles.